The molecule has 1 aromatic carbocycles. The van der Waals surface area contributed by atoms with Crippen LogP contribution in [0.15, 0.2) is 24.3 Å². The number of hydrogen-bond donors (Lipinski definition) is 2. The number of benzene rings is 1. The number of hydrogen-bond acceptors (Lipinski definition) is 4. The molecule has 2 rings (SSSR count). The van der Waals surface area contributed by atoms with Crippen LogP contribution in [0.3, 0.4) is 0 Å². The van der Waals surface area contributed by atoms with E-state index in [0.29, 0.717) is 13.0 Å². The van der Waals surface area contributed by atoms with Gasteiger partial charge in [0, 0.05) is 26.8 Å². The quantitative estimate of drug-likeness (QED) is 0.841. The lowest BCUT2D eigenvalue weighted by Crippen LogP contribution is -2.37. The summed E-state index contributed by atoms with van der Waals surface area (Å²) in [5, 5.41) is 2.96. The minimum absolute atomic E-state index is 0.156. The van der Waals surface area contributed by atoms with E-state index in [0.717, 1.165) is 24.5 Å². The molecule has 3 N–H and O–H groups in total. The van der Waals surface area contributed by atoms with Crippen molar-refractivity contribution < 1.29 is 9.53 Å². The normalized spacial score (nSPS) is 16.6. The molecule has 0 spiro atoms. The first-order valence-corrected chi connectivity index (χ1v) is 7.61. The predicted molar refractivity (Wildman–Crippen MR) is 85.6 cm³/mol. The Kier molecular flexibility index (Phi) is 6.02. The zero-order valence-corrected chi connectivity index (χ0v) is 12.7. The molecule has 0 aromatic heterocycles. The van der Waals surface area contributed by atoms with Crippen molar-refractivity contribution in [2.45, 2.75) is 31.7 Å². The Labute approximate surface area is 126 Å². The molecule has 0 radical (unpaired) electrons. The SMILES string of the molecule is COCCC(N)C(=O)Nc1ccccc1N1CCCCC1. The number of nitrogens with one attached hydrogen (secondary N) is 1. The third-order valence-electron chi connectivity index (χ3n) is 3.83. The predicted octanol–water partition coefficient (Wildman–Crippen LogP) is 1.98. The van der Waals surface area contributed by atoms with Crippen LogP contribution in [-0.2, 0) is 9.53 Å². The molecule has 1 amide bonds. The molecule has 1 heterocycles. The highest BCUT2D eigenvalue weighted by Gasteiger charge is 2.18. The van der Waals surface area contributed by atoms with Gasteiger partial charge in [-0.05, 0) is 37.8 Å². The van der Waals surface area contributed by atoms with Gasteiger partial charge in [-0.1, -0.05) is 12.1 Å². The van der Waals surface area contributed by atoms with E-state index in [9.17, 15) is 4.79 Å². The van der Waals surface area contributed by atoms with E-state index in [2.05, 4.69) is 16.3 Å². The van der Waals surface area contributed by atoms with Crippen LogP contribution in [0.25, 0.3) is 0 Å². The number of ether oxygens (including phenoxy) is 1. The zero-order chi connectivity index (χ0) is 15.1. The number of anilines is 2. The van der Waals surface area contributed by atoms with Crippen LogP contribution < -0.4 is 16.0 Å². The molecule has 5 heteroatoms. The Morgan fingerprint density at radius 3 is 2.76 bits per heavy atom. The first-order chi connectivity index (χ1) is 10.2. The van der Waals surface area contributed by atoms with Crippen LogP contribution in [-0.4, -0.2) is 38.8 Å². The largest absolute Gasteiger partial charge is 0.385 e. The Bertz CT molecular complexity index is 459. The van der Waals surface area contributed by atoms with Crippen molar-refractivity contribution in [1.29, 1.82) is 0 Å². The van der Waals surface area contributed by atoms with Gasteiger partial charge in [0.05, 0.1) is 17.4 Å². The molecule has 1 unspecified atom stereocenters. The van der Waals surface area contributed by atoms with Crippen molar-refractivity contribution in [3.05, 3.63) is 24.3 Å². The topological polar surface area (TPSA) is 67.6 Å². The van der Waals surface area contributed by atoms with Gasteiger partial charge in [-0.3, -0.25) is 4.79 Å². The van der Waals surface area contributed by atoms with E-state index < -0.39 is 6.04 Å². The summed E-state index contributed by atoms with van der Waals surface area (Å²) in [5.74, 6) is -0.156. The third kappa shape index (κ3) is 4.44. The summed E-state index contributed by atoms with van der Waals surface area (Å²) in [6.45, 7) is 2.58. The van der Waals surface area contributed by atoms with Crippen LogP contribution in [0.4, 0.5) is 11.4 Å². The fourth-order valence-electron chi connectivity index (χ4n) is 2.59. The molecule has 1 aliphatic rings. The van der Waals surface area contributed by atoms with Crippen LogP contribution in [0.5, 0.6) is 0 Å². The number of amides is 1. The molecular formula is C16H25N3O2. The fraction of sp³-hybridized carbons (Fsp3) is 0.562. The van der Waals surface area contributed by atoms with E-state index in [1.807, 2.05) is 18.2 Å². The van der Waals surface area contributed by atoms with Crippen LogP contribution in [0.1, 0.15) is 25.7 Å². The summed E-state index contributed by atoms with van der Waals surface area (Å²) < 4.78 is 4.96. The fourth-order valence-corrected chi connectivity index (χ4v) is 2.59. The molecule has 0 bridgehead atoms. The van der Waals surface area contributed by atoms with Gasteiger partial charge in [0.15, 0.2) is 0 Å². The Hall–Kier alpha value is -1.59. The number of nitrogens with zero attached hydrogens (tertiary/aromatic N) is 1. The Morgan fingerprint density at radius 1 is 1.33 bits per heavy atom. The first kappa shape index (κ1) is 15.8. The number of carbonyl (C=O) groups excluding carboxylic acids is 1. The van der Waals surface area contributed by atoms with Gasteiger partial charge in [0.1, 0.15) is 0 Å². The summed E-state index contributed by atoms with van der Waals surface area (Å²) in [6.07, 6.45) is 4.21. The van der Waals surface area contributed by atoms with Crippen molar-refractivity contribution >= 4 is 17.3 Å². The molecule has 0 saturated carbocycles. The van der Waals surface area contributed by atoms with Gasteiger partial charge < -0.3 is 20.7 Å². The summed E-state index contributed by atoms with van der Waals surface area (Å²) in [5.41, 5.74) is 7.81. The average molecular weight is 291 g/mol. The minimum Gasteiger partial charge on any atom is -0.385 e. The smallest absolute Gasteiger partial charge is 0.241 e. The maximum Gasteiger partial charge on any atom is 0.241 e. The lowest BCUT2D eigenvalue weighted by molar-refractivity contribution is -0.117. The average Bonchev–Trinajstić information content (AvgIpc) is 2.54. The van der Waals surface area contributed by atoms with Gasteiger partial charge >= 0.3 is 0 Å². The highest BCUT2D eigenvalue weighted by molar-refractivity contribution is 5.97. The highest BCUT2D eigenvalue weighted by atomic mass is 16.5. The summed E-state index contributed by atoms with van der Waals surface area (Å²) in [6, 6.07) is 7.39. The second-order valence-electron chi connectivity index (χ2n) is 5.44. The number of para-hydroxylation sites is 2. The first-order valence-electron chi connectivity index (χ1n) is 7.61. The lowest BCUT2D eigenvalue weighted by Gasteiger charge is -2.30. The van der Waals surface area contributed by atoms with E-state index in [4.69, 9.17) is 10.5 Å². The Balaban J connectivity index is 2.03. The van der Waals surface area contributed by atoms with Crippen molar-refractivity contribution in [3.8, 4) is 0 Å². The van der Waals surface area contributed by atoms with Crippen LogP contribution in [0.2, 0.25) is 0 Å². The number of methoxy groups -OCH3 is 1. The summed E-state index contributed by atoms with van der Waals surface area (Å²) in [4.78, 5) is 14.5. The second-order valence-corrected chi connectivity index (χ2v) is 5.44. The van der Waals surface area contributed by atoms with Gasteiger partial charge in [0.25, 0.3) is 0 Å². The van der Waals surface area contributed by atoms with Gasteiger partial charge in [0.2, 0.25) is 5.91 Å². The maximum atomic E-state index is 12.1. The lowest BCUT2D eigenvalue weighted by atomic mass is 10.1. The molecule has 0 aliphatic carbocycles. The molecule has 1 saturated heterocycles. The van der Waals surface area contributed by atoms with E-state index in [1.54, 1.807) is 7.11 Å². The van der Waals surface area contributed by atoms with Crippen LogP contribution >= 0.6 is 0 Å². The minimum atomic E-state index is -0.542. The second kappa shape index (κ2) is 8.00. The van der Waals surface area contributed by atoms with Crippen molar-refractivity contribution in [2.75, 3.05) is 37.0 Å². The van der Waals surface area contributed by atoms with Gasteiger partial charge in [-0.25, -0.2) is 0 Å². The molecule has 1 fully saturated rings. The molecule has 1 aliphatic heterocycles. The summed E-state index contributed by atoms with van der Waals surface area (Å²) in [7, 11) is 1.61. The van der Waals surface area contributed by atoms with Crippen molar-refractivity contribution in [3.63, 3.8) is 0 Å². The number of rotatable bonds is 6. The number of carbonyl (C=O) groups is 1. The Morgan fingerprint density at radius 2 is 2.05 bits per heavy atom. The standard InChI is InChI=1S/C16H25N3O2/c1-21-12-9-13(17)16(20)18-14-7-3-4-8-15(14)19-10-5-2-6-11-19/h3-4,7-8,13H,2,5-6,9-12,17H2,1H3,(H,18,20). The molecule has 1 aromatic rings. The zero-order valence-electron chi connectivity index (χ0n) is 12.7. The molecule has 21 heavy (non-hydrogen) atoms. The number of piperidine rings is 1. The van der Waals surface area contributed by atoms with E-state index in [1.165, 1.54) is 19.3 Å². The molecule has 5 nitrogen and oxygen atoms in total. The summed E-state index contributed by atoms with van der Waals surface area (Å²) >= 11 is 0. The maximum absolute atomic E-state index is 12.1. The number of nitrogens with two attached hydrogens (primary N) is 1. The molecule has 1 atom stereocenters. The van der Waals surface area contributed by atoms with Gasteiger partial charge in [-0.15, -0.1) is 0 Å². The van der Waals surface area contributed by atoms with E-state index >= 15 is 0 Å². The monoisotopic (exact) mass is 291 g/mol. The highest BCUT2D eigenvalue weighted by Crippen LogP contribution is 2.28. The molecular weight excluding hydrogens is 266 g/mol. The van der Waals surface area contributed by atoms with E-state index in [-0.39, 0.29) is 5.91 Å². The van der Waals surface area contributed by atoms with Gasteiger partial charge in [-0.2, -0.15) is 0 Å². The molecule has 116 valence electrons. The third-order valence-corrected chi connectivity index (χ3v) is 3.83. The van der Waals surface area contributed by atoms with Crippen molar-refractivity contribution in [1.82, 2.24) is 0 Å². The van der Waals surface area contributed by atoms with Crippen molar-refractivity contribution in [2.24, 2.45) is 5.73 Å². The van der Waals surface area contributed by atoms with Crippen LogP contribution in [0, 0.1) is 0 Å².